The number of aryl methyl sites for hydroxylation is 1. The lowest BCUT2D eigenvalue weighted by molar-refractivity contribution is -0.136. The highest BCUT2D eigenvalue weighted by molar-refractivity contribution is 7.99. The number of thioether (sulfide) groups is 1. The molecule has 0 unspecified atom stereocenters. The summed E-state index contributed by atoms with van der Waals surface area (Å²) >= 11 is 1.65. The number of hydrogen-bond acceptors (Lipinski definition) is 4. The topological polar surface area (TPSA) is 59.4 Å². The minimum absolute atomic E-state index is 0.0946. The zero-order chi connectivity index (χ0) is 17.5. The molecule has 0 bridgehead atoms. The molecule has 0 spiro atoms. The average Bonchev–Trinajstić information content (AvgIpc) is 2.52. The molecule has 0 aliphatic carbocycles. The maximum absolute atomic E-state index is 14.0. The van der Waals surface area contributed by atoms with Gasteiger partial charge in [0, 0.05) is 29.5 Å². The molecule has 2 rings (SSSR count). The number of aromatic nitrogens is 1. The van der Waals surface area contributed by atoms with E-state index in [0.29, 0.717) is 23.2 Å². The lowest BCUT2D eigenvalue weighted by Gasteiger charge is -2.12. The van der Waals surface area contributed by atoms with E-state index < -0.39 is 11.8 Å². The fraction of sp³-hybridized carbons (Fsp3) is 0.333. The predicted octanol–water partition coefficient (Wildman–Crippen LogP) is 4.32. The average molecular weight is 349 g/mol. The van der Waals surface area contributed by atoms with Crippen LogP contribution in [0.15, 0.2) is 41.6 Å². The number of halogens is 1. The molecule has 0 saturated heterocycles. The summed E-state index contributed by atoms with van der Waals surface area (Å²) in [5, 5.41) is 9.98. The first-order valence-corrected chi connectivity index (χ1v) is 8.57. The molecule has 0 atom stereocenters. The van der Waals surface area contributed by atoms with Crippen LogP contribution < -0.4 is 4.74 Å². The highest BCUT2D eigenvalue weighted by Crippen LogP contribution is 2.26. The van der Waals surface area contributed by atoms with E-state index in [9.17, 15) is 9.18 Å². The van der Waals surface area contributed by atoms with Gasteiger partial charge in [-0.3, -0.25) is 4.79 Å². The lowest BCUT2D eigenvalue weighted by Crippen LogP contribution is -2.02. The highest BCUT2D eigenvalue weighted by atomic mass is 32.2. The summed E-state index contributed by atoms with van der Waals surface area (Å²) < 4.78 is 19.7. The van der Waals surface area contributed by atoms with Gasteiger partial charge >= 0.3 is 5.97 Å². The molecule has 0 aliphatic rings. The third-order valence-electron chi connectivity index (χ3n) is 3.22. The van der Waals surface area contributed by atoms with Crippen LogP contribution >= 0.6 is 11.8 Å². The minimum atomic E-state index is -0.943. The van der Waals surface area contributed by atoms with Crippen molar-refractivity contribution in [3.05, 3.63) is 53.5 Å². The monoisotopic (exact) mass is 349 g/mol. The number of benzene rings is 1. The number of rotatable bonds is 8. The van der Waals surface area contributed by atoms with Gasteiger partial charge in [-0.1, -0.05) is 26.0 Å². The second-order valence-electron chi connectivity index (χ2n) is 5.57. The van der Waals surface area contributed by atoms with Gasteiger partial charge in [0.15, 0.2) is 0 Å². The van der Waals surface area contributed by atoms with Crippen LogP contribution in [0.25, 0.3) is 0 Å². The van der Waals surface area contributed by atoms with Gasteiger partial charge in [0.2, 0.25) is 0 Å². The molecule has 6 heteroatoms. The summed E-state index contributed by atoms with van der Waals surface area (Å²) in [6, 6.07) is 8.31. The van der Waals surface area contributed by atoms with Crippen LogP contribution in [0, 0.1) is 5.82 Å². The van der Waals surface area contributed by atoms with E-state index in [1.165, 1.54) is 6.07 Å². The summed E-state index contributed by atoms with van der Waals surface area (Å²) in [5.41, 5.74) is 1.33. The first kappa shape index (κ1) is 18.3. The van der Waals surface area contributed by atoms with Crippen molar-refractivity contribution in [1.29, 1.82) is 0 Å². The van der Waals surface area contributed by atoms with E-state index in [-0.39, 0.29) is 12.8 Å². The van der Waals surface area contributed by atoms with Crippen molar-refractivity contribution in [1.82, 2.24) is 4.98 Å². The Balaban J connectivity index is 2.02. The van der Waals surface area contributed by atoms with E-state index in [1.54, 1.807) is 30.1 Å². The summed E-state index contributed by atoms with van der Waals surface area (Å²) in [7, 11) is 0. The van der Waals surface area contributed by atoms with Crippen LogP contribution in [-0.4, -0.2) is 21.3 Å². The molecule has 1 heterocycles. The Morgan fingerprint density at radius 3 is 2.79 bits per heavy atom. The van der Waals surface area contributed by atoms with Gasteiger partial charge in [-0.15, -0.1) is 11.8 Å². The molecule has 2 aromatic rings. The van der Waals surface area contributed by atoms with Crippen molar-refractivity contribution < 1.29 is 19.0 Å². The molecule has 1 aromatic heterocycles. The van der Waals surface area contributed by atoms with Gasteiger partial charge in [0.05, 0.1) is 0 Å². The molecule has 0 radical (unpaired) electrons. The zero-order valence-electron chi connectivity index (χ0n) is 13.7. The third kappa shape index (κ3) is 5.53. The van der Waals surface area contributed by atoms with Gasteiger partial charge in [-0.2, -0.15) is 0 Å². The minimum Gasteiger partial charge on any atom is -0.489 e. The van der Waals surface area contributed by atoms with E-state index in [4.69, 9.17) is 9.84 Å². The van der Waals surface area contributed by atoms with Crippen molar-refractivity contribution >= 4 is 17.7 Å². The Bertz CT molecular complexity index is 706. The Labute approximate surface area is 145 Å². The van der Waals surface area contributed by atoms with Crippen molar-refractivity contribution in [2.45, 2.75) is 43.6 Å². The Kier molecular flexibility index (Phi) is 6.61. The quantitative estimate of drug-likeness (QED) is 0.719. The fourth-order valence-corrected chi connectivity index (χ4v) is 2.93. The highest BCUT2D eigenvalue weighted by Gasteiger charge is 2.09. The van der Waals surface area contributed by atoms with Crippen LogP contribution in [0.1, 0.15) is 31.4 Å². The van der Waals surface area contributed by atoms with Crippen LogP contribution in [0.2, 0.25) is 0 Å². The Morgan fingerprint density at radius 2 is 2.12 bits per heavy atom. The summed E-state index contributed by atoms with van der Waals surface area (Å²) in [6.07, 6.45) is 1.81. The molecule has 4 nitrogen and oxygen atoms in total. The first-order chi connectivity index (χ1) is 11.5. The number of hydrogen-bond donors (Lipinski definition) is 1. The normalized spacial score (nSPS) is 10.8. The number of carbonyl (C=O) groups is 1. The number of nitrogens with zero attached hydrogens (tertiary/aromatic N) is 1. The molecule has 0 amide bonds. The van der Waals surface area contributed by atoms with E-state index in [2.05, 4.69) is 18.8 Å². The summed E-state index contributed by atoms with van der Waals surface area (Å²) in [5.74, 6) is -0.978. The summed E-state index contributed by atoms with van der Waals surface area (Å²) in [6.45, 7) is 4.49. The van der Waals surface area contributed by atoms with Crippen LogP contribution in [0.4, 0.5) is 4.39 Å². The smallest absolute Gasteiger partial charge is 0.303 e. The van der Waals surface area contributed by atoms with Gasteiger partial charge < -0.3 is 9.84 Å². The maximum atomic E-state index is 14.0. The molecule has 1 aromatic carbocycles. The van der Waals surface area contributed by atoms with E-state index >= 15 is 0 Å². The Morgan fingerprint density at radius 1 is 1.33 bits per heavy atom. The second-order valence-corrected chi connectivity index (χ2v) is 7.14. The van der Waals surface area contributed by atoms with Crippen molar-refractivity contribution in [3.63, 3.8) is 0 Å². The number of carboxylic acids is 1. The van der Waals surface area contributed by atoms with Gasteiger partial charge in [0.1, 0.15) is 23.2 Å². The molecule has 24 heavy (non-hydrogen) atoms. The third-order valence-corrected chi connectivity index (χ3v) is 4.29. The molecule has 0 saturated carbocycles. The molecule has 0 aliphatic heterocycles. The van der Waals surface area contributed by atoms with Crippen LogP contribution in [-0.2, 0) is 17.8 Å². The zero-order valence-corrected chi connectivity index (χ0v) is 14.5. The molecular formula is C18H20FNO3S. The number of aliphatic carboxylic acids is 1. The molecule has 128 valence electrons. The van der Waals surface area contributed by atoms with Crippen molar-refractivity contribution in [2.75, 3.05) is 0 Å². The van der Waals surface area contributed by atoms with Gasteiger partial charge in [-0.25, -0.2) is 9.37 Å². The van der Waals surface area contributed by atoms with E-state index in [0.717, 1.165) is 10.6 Å². The van der Waals surface area contributed by atoms with Crippen molar-refractivity contribution in [2.24, 2.45) is 0 Å². The van der Waals surface area contributed by atoms with Gasteiger partial charge in [0.25, 0.3) is 0 Å². The summed E-state index contributed by atoms with van der Waals surface area (Å²) in [4.78, 5) is 14.9. The largest absolute Gasteiger partial charge is 0.489 e. The van der Waals surface area contributed by atoms with Gasteiger partial charge in [-0.05, 0) is 24.1 Å². The molecule has 1 N–H and O–H groups in total. The molecule has 0 fully saturated rings. The van der Waals surface area contributed by atoms with Crippen LogP contribution in [0.3, 0.4) is 0 Å². The maximum Gasteiger partial charge on any atom is 0.303 e. The number of carboxylic acid groups (broad SMARTS) is 1. The lowest BCUT2D eigenvalue weighted by atomic mass is 10.1. The number of ether oxygens (including phenoxy) is 1. The van der Waals surface area contributed by atoms with Crippen LogP contribution in [0.5, 0.6) is 5.75 Å². The SMILES string of the molecule is CC(C)Sc1ncccc1COc1ccc(CCC(=O)O)c(F)c1. The first-order valence-electron chi connectivity index (χ1n) is 7.69. The standard InChI is InChI=1S/C18H20FNO3S/c1-12(2)24-18-14(4-3-9-20-18)11-23-15-7-5-13(16(19)10-15)6-8-17(21)22/h3-5,7,9-10,12H,6,8,11H2,1-2H3,(H,21,22). The second kappa shape index (κ2) is 8.68. The van der Waals surface area contributed by atoms with Crippen molar-refractivity contribution in [3.8, 4) is 5.75 Å². The number of pyridine rings is 1. The predicted molar refractivity (Wildman–Crippen MR) is 91.9 cm³/mol. The molecular weight excluding hydrogens is 329 g/mol. The van der Waals surface area contributed by atoms with E-state index in [1.807, 2.05) is 12.1 Å². The Hall–Kier alpha value is -2.08. The fourth-order valence-electron chi connectivity index (χ4n) is 2.09.